The van der Waals surface area contributed by atoms with Gasteiger partial charge in [0.15, 0.2) is 0 Å². The first-order valence-corrected chi connectivity index (χ1v) is 11.0. The summed E-state index contributed by atoms with van der Waals surface area (Å²) in [5.41, 5.74) is 4.90. The normalized spacial score (nSPS) is 11.2. The van der Waals surface area contributed by atoms with Gasteiger partial charge in [-0.1, -0.05) is 48.0 Å². The zero-order chi connectivity index (χ0) is 22.8. The van der Waals surface area contributed by atoms with Crippen LogP contribution in [0.2, 0.25) is 0 Å². The van der Waals surface area contributed by atoms with Crippen LogP contribution in [0.3, 0.4) is 0 Å². The number of aromatic nitrogens is 3. The molecule has 1 amide bonds. The van der Waals surface area contributed by atoms with Crippen molar-refractivity contribution in [3.63, 3.8) is 0 Å². The number of aromatic amines is 1. The quantitative estimate of drug-likeness (QED) is 0.384. The maximum absolute atomic E-state index is 13.0. The molecular weight excluding hydrogens is 412 g/mol. The summed E-state index contributed by atoms with van der Waals surface area (Å²) in [5.74, 6) is -0.137. The fourth-order valence-electron chi connectivity index (χ4n) is 4.02. The Labute approximate surface area is 190 Å². The minimum atomic E-state index is -0.168. The third-order valence-corrected chi connectivity index (χ3v) is 5.85. The Bertz CT molecular complexity index is 1500. The van der Waals surface area contributed by atoms with Gasteiger partial charge in [0, 0.05) is 23.7 Å². The molecule has 0 bridgehead atoms. The molecule has 0 spiro atoms. The molecule has 0 fully saturated rings. The minimum absolute atomic E-state index is 0.137. The number of hydrogen-bond donors (Lipinski definition) is 2. The zero-order valence-electron chi connectivity index (χ0n) is 18.3. The molecular formula is C27H24N4O2. The Kier molecular flexibility index (Phi) is 5.48. The van der Waals surface area contributed by atoms with Crippen molar-refractivity contribution in [3.05, 3.63) is 106 Å². The second-order valence-corrected chi connectivity index (χ2v) is 8.21. The predicted molar refractivity (Wildman–Crippen MR) is 131 cm³/mol. The van der Waals surface area contributed by atoms with Gasteiger partial charge in [0.25, 0.3) is 11.5 Å². The highest BCUT2D eigenvalue weighted by atomic mass is 16.1. The van der Waals surface area contributed by atoms with Gasteiger partial charge in [-0.05, 0) is 55.7 Å². The SMILES string of the molecule is Cc1ccc(-n2[nH]c3c(cnc4ccc(C(=O)NCCCc5ccccc5)cc43)c2=O)cc1. The predicted octanol–water partition coefficient (Wildman–Crippen LogP) is 4.54. The fourth-order valence-corrected chi connectivity index (χ4v) is 4.02. The van der Waals surface area contributed by atoms with Crippen LogP contribution in [0.15, 0.2) is 83.8 Å². The summed E-state index contributed by atoms with van der Waals surface area (Å²) in [6.07, 6.45) is 3.36. The number of hydrogen-bond acceptors (Lipinski definition) is 3. The average molecular weight is 437 g/mol. The van der Waals surface area contributed by atoms with E-state index in [1.165, 1.54) is 10.2 Å². The second-order valence-electron chi connectivity index (χ2n) is 8.21. The second kappa shape index (κ2) is 8.74. The number of fused-ring (bicyclic) bond motifs is 3. The molecule has 0 saturated carbocycles. The summed E-state index contributed by atoms with van der Waals surface area (Å²) in [7, 11) is 0. The summed E-state index contributed by atoms with van der Waals surface area (Å²) < 4.78 is 1.52. The number of H-pyrrole nitrogens is 1. The fraction of sp³-hybridized carbons (Fsp3) is 0.148. The smallest absolute Gasteiger partial charge is 0.280 e. The van der Waals surface area contributed by atoms with Crippen LogP contribution in [0.1, 0.15) is 27.9 Å². The van der Waals surface area contributed by atoms with Crippen LogP contribution in [0.4, 0.5) is 0 Å². The maximum atomic E-state index is 13.0. The number of pyridine rings is 1. The lowest BCUT2D eigenvalue weighted by atomic mass is 10.1. The molecule has 6 nitrogen and oxygen atoms in total. The van der Waals surface area contributed by atoms with E-state index >= 15 is 0 Å². The van der Waals surface area contributed by atoms with E-state index in [0.29, 0.717) is 23.0 Å². The number of nitrogens with zero attached hydrogens (tertiary/aromatic N) is 2. The number of carbonyl (C=O) groups is 1. The molecule has 5 rings (SSSR count). The van der Waals surface area contributed by atoms with Gasteiger partial charge in [-0.3, -0.25) is 19.7 Å². The molecule has 2 heterocycles. The summed E-state index contributed by atoms with van der Waals surface area (Å²) >= 11 is 0. The Balaban J connectivity index is 1.41. The highest BCUT2D eigenvalue weighted by Gasteiger charge is 2.14. The third kappa shape index (κ3) is 4.15. The van der Waals surface area contributed by atoms with Crippen molar-refractivity contribution in [1.82, 2.24) is 20.1 Å². The van der Waals surface area contributed by atoms with E-state index in [-0.39, 0.29) is 11.5 Å². The highest BCUT2D eigenvalue weighted by molar-refractivity contribution is 6.06. The molecule has 0 aliphatic carbocycles. The topological polar surface area (TPSA) is 79.8 Å². The lowest BCUT2D eigenvalue weighted by Gasteiger charge is -2.07. The molecule has 0 unspecified atom stereocenters. The maximum Gasteiger partial charge on any atom is 0.280 e. The molecule has 164 valence electrons. The van der Waals surface area contributed by atoms with Crippen molar-refractivity contribution >= 4 is 27.7 Å². The molecule has 2 N–H and O–H groups in total. The first-order valence-electron chi connectivity index (χ1n) is 11.0. The van der Waals surface area contributed by atoms with Crippen LogP contribution >= 0.6 is 0 Å². The number of carbonyl (C=O) groups excluding carboxylic acids is 1. The first-order chi connectivity index (χ1) is 16.1. The number of aryl methyl sites for hydroxylation is 2. The molecule has 0 aliphatic heterocycles. The largest absolute Gasteiger partial charge is 0.352 e. The summed E-state index contributed by atoms with van der Waals surface area (Å²) in [4.78, 5) is 30.2. The van der Waals surface area contributed by atoms with Crippen molar-refractivity contribution in [2.75, 3.05) is 6.54 Å². The van der Waals surface area contributed by atoms with Crippen LogP contribution in [-0.2, 0) is 6.42 Å². The molecule has 33 heavy (non-hydrogen) atoms. The molecule has 5 aromatic rings. The van der Waals surface area contributed by atoms with E-state index < -0.39 is 0 Å². The van der Waals surface area contributed by atoms with Gasteiger partial charge in [-0.25, -0.2) is 4.68 Å². The third-order valence-electron chi connectivity index (χ3n) is 5.85. The molecule has 0 radical (unpaired) electrons. The van der Waals surface area contributed by atoms with Gasteiger partial charge in [-0.15, -0.1) is 0 Å². The summed E-state index contributed by atoms with van der Waals surface area (Å²) in [5, 5.41) is 7.44. The number of rotatable bonds is 6. The number of amides is 1. The van der Waals surface area contributed by atoms with Gasteiger partial charge < -0.3 is 5.32 Å². The van der Waals surface area contributed by atoms with Crippen LogP contribution in [-0.4, -0.2) is 27.2 Å². The van der Waals surface area contributed by atoms with E-state index in [0.717, 1.165) is 35.0 Å². The van der Waals surface area contributed by atoms with E-state index in [1.54, 1.807) is 18.3 Å². The lowest BCUT2D eigenvalue weighted by molar-refractivity contribution is 0.0953. The highest BCUT2D eigenvalue weighted by Crippen LogP contribution is 2.22. The molecule has 3 aromatic carbocycles. The van der Waals surface area contributed by atoms with E-state index in [2.05, 4.69) is 27.5 Å². The molecule has 0 aliphatic rings. The molecule has 0 atom stereocenters. The number of benzene rings is 3. The molecule has 6 heteroatoms. The van der Waals surface area contributed by atoms with Gasteiger partial charge in [-0.2, -0.15) is 0 Å². The Morgan fingerprint density at radius 2 is 1.79 bits per heavy atom. The number of nitrogens with one attached hydrogen (secondary N) is 2. The van der Waals surface area contributed by atoms with Gasteiger partial charge in [0.1, 0.15) is 0 Å². The van der Waals surface area contributed by atoms with Crippen LogP contribution in [0, 0.1) is 6.92 Å². The Morgan fingerprint density at radius 1 is 1.00 bits per heavy atom. The Morgan fingerprint density at radius 3 is 2.58 bits per heavy atom. The first kappa shape index (κ1) is 20.7. The van der Waals surface area contributed by atoms with Crippen molar-refractivity contribution in [3.8, 4) is 5.69 Å². The average Bonchev–Trinajstić information content (AvgIpc) is 3.19. The molecule has 0 saturated heterocycles. The van der Waals surface area contributed by atoms with E-state index in [1.807, 2.05) is 55.5 Å². The van der Waals surface area contributed by atoms with Crippen LogP contribution in [0.25, 0.3) is 27.5 Å². The van der Waals surface area contributed by atoms with Crippen molar-refractivity contribution in [2.45, 2.75) is 19.8 Å². The standard InChI is InChI=1S/C27H24N4O2/c1-18-9-12-21(13-10-18)31-27(33)23-17-29-24-14-11-20(16-22(24)25(23)30-31)26(32)28-15-5-8-19-6-3-2-4-7-19/h2-4,6-7,9-14,16-17,30H,5,8,15H2,1H3,(H,28,32). The van der Waals surface area contributed by atoms with Crippen molar-refractivity contribution in [1.29, 1.82) is 0 Å². The van der Waals surface area contributed by atoms with Gasteiger partial charge >= 0.3 is 0 Å². The van der Waals surface area contributed by atoms with Crippen molar-refractivity contribution < 1.29 is 4.79 Å². The minimum Gasteiger partial charge on any atom is -0.352 e. The zero-order valence-corrected chi connectivity index (χ0v) is 18.3. The lowest BCUT2D eigenvalue weighted by Crippen LogP contribution is -2.24. The monoisotopic (exact) mass is 436 g/mol. The van der Waals surface area contributed by atoms with Crippen LogP contribution in [0.5, 0.6) is 0 Å². The van der Waals surface area contributed by atoms with E-state index in [9.17, 15) is 9.59 Å². The van der Waals surface area contributed by atoms with Gasteiger partial charge in [0.05, 0.1) is 22.1 Å². The summed E-state index contributed by atoms with van der Waals surface area (Å²) in [6.45, 7) is 2.60. The summed E-state index contributed by atoms with van der Waals surface area (Å²) in [6, 6.07) is 23.3. The van der Waals surface area contributed by atoms with Crippen LogP contribution < -0.4 is 10.9 Å². The molecule has 2 aromatic heterocycles. The van der Waals surface area contributed by atoms with E-state index in [4.69, 9.17) is 0 Å². The van der Waals surface area contributed by atoms with Gasteiger partial charge in [0.2, 0.25) is 0 Å². The van der Waals surface area contributed by atoms with Crippen molar-refractivity contribution in [2.24, 2.45) is 0 Å². The Hall–Kier alpha value is -4.19.